The van der Waals surface area contributed by atoms with Crippen LogP contribution in [0.5, 0.6) is 0 Å². The van der Waals surface area contributed by atoms with Crippen LogP contribution in [0.2, 0.25) is 0 Å². The van der Waals surface area contributed by atoms with Gasteiger partial charge in [-0.05, 0) is 17.7 Å². The zero-order chi connectivity index (χ0) is 18.0. The molecular weight excluding hydrogens is 356 g/mol. The van der Waals surface area contributed by atoms with Crippen LogP contribution < -0.4 is 10.0 Å². The summed E-state index contributed by atoms with van der Waals surface area (Å²) in [7, 11) is -6.56. The number of benzene rings is 1. The van der Waals surface area contributed by atoms with Crippen molar-refractivity contribution in [2.75, 3.05) is 25.7 Å². The van der Waals surface area contributed by atoms with Gasteiger partial charge in [-0.3, -0.25) is 0 Å². The maximum atomic E-state index is 11.4. The molecule has 136 valence electrons. The highest BCUT2D eigenvalue weighted by atomic mass is 32.2. The molecule has 0 bridgehead atoms. The number of aliphatic hydroxyl groups excluding tert-OH is 1. The van der Waals surface area contributed by atoms with E-state index < -0.39 is 32.1 Å². The third-order valence-corrected chi connectivity index (χ3v) is 5.57. The number of hydrogen-bond acceptors (Lipinski definition) is 7. The van der Waals surface area contributed by atoms with Crippen LogP contribution in [-0.4, -0.2) is 65.9 Å². The topological polar surface area (TPSA) is 122 Å². The van der Waals surface area contributed by atoms with Crippen molar-refractivity contribution in [3.05, 3.63) is 29.8 Å². The molecule has 0 aromatic heterocycles. The molecule has 3 unspecified atom stereocenters. The average Bonchev–Trinajstić information content (AvgIpc) is 2.82. The molecule has 1 saturated heterocycles. The zero-order valence-corrected chi connectivity index (χ0v) is 15.1. The lowest BCUT2D eigenvalue weighted by Crippen LogP contribution is -2.44. The van der Waals surface area contributed by atoms with Crippen molar-refractivity contribution >= 4 is 19.9 Å². The largest absolute Gasteiger partial charge is 0.389 e. The summed E-state index contributed by atoms with van der Waals surface area (Å²) in [6.07, 6.45) is 0.751. The van der Waals surface area contributed by atoms with Crippen LogP contribution in [0.3, 0.4) is 0 Å². The van der Waals surface area contributed by atoms with Gasteiger partial charge in [-0.1, -0.05) is 12.1 Å². The van der Waals surface area contributed by atoms with E-state index in [4.69, 9.17) is 4.74 Å². The Morgan fingerprint density at radius 1 is 1.17 bits per heavy atom. The quantitative estimate of drug-likeness (QED) is 0.548. The zero-order valence-electron chi connectivity index (χ0n) is 13.5. The van der Waals surface area contributed by atoms with Gasteiger partial charge in [-0.25, -0.2) is 21.6 Å². The summed E-state index contributed by atoms with van der Waals surface area (Å²) in [5.74, 6) is 0. The van der Waals surface area contributed by atoms with Crippen LogP contribution in [-0.2, 0) is 31.1 Å². The average molecular weight is 378 g/mol. The van der Waals surface area contributed by atoms with Crippen LogP contribution >= 0.6 is 0 Å². The van der Waals surface area contributed by atoms with Gasteiger partial charge in [0.2, 0.25) is 10.0 Å². The van der Waals surface area contributed by atoms with Crippen molar-refractivity contribution < 1.29 is 26.7 Å². The van der Waals surface area contributed by atoms with E-state index in [1.807, 2.05) is 0 Å². The molecule has 10 heteroatoms. The first-order chi connectivity index (χ1) is 11.1. The van der Waals surface area contributed by atoms with Crippen LogP contribution in [0, 0.1) is 0 Å². The molecule has 1 aliphatic heterocycles. The van der Waals surface area contributed by atoms with Crippen molar-refractivity contribution in [3.63, 3.8) is 0 Å². The standard InChI is InChI=1S/C14H22N2O6S2/c1-23(18,19)11-5-3-10(4-6-11)7-15-12-9-22-13(14(12)17)8-16-24(2,20)21/h3-6,12-17H,7-9H2,1-2H3. The van der Waals surface area contributed by atoms with E-state index in [0.29, 0.717) is 6.54 Å². The Labute approximate surface area is 142 Å². The second-order valence-corrected chi connectivity index (χ2v) is 9.74. The number of hydrogen-bond donors (Lipinski definition) is 3. The molecule has 0 amide bonds. The van der Waals surface area contributed by atoms with Crippen LogP contribution in [0.4, 0.5) is 0 Å². The molecular formula is C14H22N2O6S2. The molecule has 8 nitrogen and oxygen atoms in total. The Bertz CT molecular complexity index is 761. The predicted molar refractivity (Wildman–Crippen MR) is 88.8 cm³/mol. The van der Waals surface area contributed by atoms with Gasteiger partial charge in [0, 0.05) is 19.3 Å². The Hall–Kier alpha value is -1.04. The van der Waals surface area contributed by atoms with E-state index in [-0.39, 0.29) is 24.1 Å². The minimum absolute atomic E-state index is 0.0151. The van der Waals surface area contributed by atoms with Crippen molar-refractivity contribution in [2.24, 2.45) is 0 Å². The van der Waals surface area contributed by atoms with E-state index in [2.05, 4.69) is 10.0 Å². The van der Waals surface area contributed by atoms with E-state index in [9.17, 15) is 21.9 Å². The molecule has 3 N–H and O–H groups in total. The van der Waals surface area contributed by atoms with Crippen LogP contribution in [0.1, 0.15) is 5.56 Å². The highest BCUT2D eigenvalue weighted by molar-refractivity contribution is 7.90. The van der Waals surface area contributed by atoms with Crippen LogP contribution in [0.15, 0.2) is 29.2 Å². The van der Waals surface area contributed by atoms with Crippen molar-refractivity contribution in [2.45, 2.75) is 29.7 Å². The Morgan fingerprint density at radius 3 is 2.33 bits per heavy atom. The van der Waals surface area contributed by atoms with Gasteiger partial charge in [-0.15, -0.1) is 0 Å². The number of aliphatic hydroxyl groups is 1. The molecule has 0 aliphatic carbocycles. The molecule has 24 heavy (non-hydrogen) atoms. The maximum absolute atomic E-state index is 11.4. The number of rotatable bonds is 7. The number of ether oxygens (including phenoxy) is 1. The lowest BCUT2D eigenvalue weighted by Gasteiger charge is -2.18. The monoisotopic (exact) mass is 378 g/mol. The van der Waals surface area contributed by atoms with Gasteiger partial charge in [-0.2, -0.15) is 0 Å². The Kier molecular flexibility index (Phi) is 6.00. The minimum atomic E-state index is -3.33. The van der Waals surface area contributed by atoms with Gasteiger partial charge in [0.15, 0.2) is 9.84 Å². The van der Waals surface area contributed by atoms with Gasteiger partial charge < -0.3 is 15.2 Å². The SMILES string of the molecule is CS(=O)(=O)NCC1OCC(NCc2ccc(S(C)(=O)=O)cc2)C1O. The van der Waals surface area contributed by atoms with E-state index in [1.165, 1.54) is 12.1 Å². The summed E-state index contributed by atoms with van der Waals surface area (Å²) in [5, 5.41) is 13.3. The lowest BCUT2D eigenvalue weighted by molar-refractivity contribution is 0.0444. The molecule has 0 saturated carbocycles. The van der Waals surface area contributed by atoms with E-state index in [0.717, 1.165) is 18.1 Å². The van der Waals surface area contributed by atoms with Crippen molar-refractivity contribution in [1.82, 2.24) is 10.0 Å². The van der Waals surface area contributed by atoms with Gasteiger partial charge in [0.25, 0.3) is 0 Å². The summed E-state index contributed by atoms with van der Waals surface area (Å²) in [5.41, 5.74) is 0.868. The first-order valence-corrected chi connectivity index (χ1v) is 11.1. The summed E-state index contributed by atoms with van der Waals surface area (Å²) < 4.78 is 52.7. The molecule has 2 rings (SSSR count). The smallest absolute Gasteiger partial charge is 0.208 e. The third kappa shape index (κ3) is 5.50. The number of sulfone groups is 1. The van der Waals surface area contributed by atoms with Gasteiger partial charge in [0.1, 0.15) is 0 Å². The summed E-state index contributed by atoms with van der Waals surface area (Å²) in [6, 6.07) is 6.15. The summed E-state index contributed by atoms with van der Waals surface area (Å²) in [6.45, 7) is 0.710. The normalized spacial score (nSPS) is 25.0. The van der Waals surface area contributed by atoms with Gasteiger partial charge >= 0.3 is 0 Å². The highest BCUT2D eigenvalue weighted by Crippen LogP contribution is 2.15. The van der Waals surface area contributed by atoms with E-state index >= 15 is 0 Å². The second kappa shape index (κ2) is 7.46. The fraction of sp³-hybridized carbons (Fsp3) is 0.571. The molecule has 0 spiro atoms. The van der Waals surface area contributed by atoms with Crippen LogP contribution in [0.25, 0.3) is 0 Å². The fourth-order valence-electron chi connectivity index (χ4n) is 2.38. The molecule has 1 aromatic carbocycles. The van der Waals surface area contributed by atoms with Gasteiger partial charge in [0.05, 0.1) is 36.0 Å². The summed E-state index contributed by atoms with van der Waals surface area (Å²) >= 11 is 0. The minimum Gasteiger partial charge on any atom is -0.389 e. The molecule has 1 heterocycles. The first-order valence-electron chi connectivity index (χ1n) is 7.33. The lowest BCUT2D eigenvalue weighted by atomic mass is 10.1. The highest BCUT2D eigenvalue weighted by Gasteiger charge is 2.35. The molecule has 1 fully saturated rings. The molecule has 3 atom stereocenters. The fourth-order valence-corrected chi connectivity index (χ4v) is 3.48. The third-order valence-electron chi connectivity index (χ3n) is 3.75. The predicted octanol–water partition coefficient (Wildman–Crippen LogP) is -1.14. The Balaban J connectivity index is 1.86. The Morgan fingerprint density at radius 2 is 1.79 bits per heavy atom. The second-order valence-electron chi connectivity index (χ2n) is 5.89. The molecule has 1 aliphatic rings. The number of sulfonamides is 1. The molecule has 0 radical (unpaired) electrons. The maximum Gasteiger partial charge on any atom is 0.208 e. The molecule has 1 aromatic rings. The van der Waals surface area contributed by atoms with Crippen molar-refractivity contribution in [1.29, 1.82) is 0 Å². The van der Waals surface area contributed by atoms with E-state index in [1.54, 1.807) is 12.1 Å². The first kappa shape index (κ1) is 19.3. The number of nitrogens with one attached hydrogen (secondary N) is 2. The van der Waals surface area contributed by atoms with Crippen molar-refractivity contribution in [3.8, 4) is 0 Å². The summed E-state index contributed by atoms with van der Waals surface area (Å²) in [4.78, 5) is 0.252.